The minimum atomic E-state index is -0.171. The van der Waals surface area contributed by atoms with E-state index in [9.17, 15) is 4.79 Å². The van der Waals surface area contributed by atoms with Crippen molar-refractivity contribution in [2.45, 2.75) is 6.54 Å². The van der Waals surface area contributed by atoms with Gasteiger partial charge in [0, 0.05) is 29.2 Å². The van der Waals surface area contributed by atoms with E-state index < -0.39 is 0 Å². The average molecular weight is 354 g/mol. The van der Waals surface area contributed by atoms with Crippen LogP contribution in [-0.2, 0) is 6.54 Å². The predicted octanol–water partition coefficient (Wildman–Crippen LogP) is 3.76. The van der Waals surface area contributed by atoms with Gasteiger partial charge in [0.15, 0.2) is 11.5 Å². The zero-order valence-electron chi connectivity index (χ0n) is 14.0. The van der Waals surface area contributed by atoms with E-state index in [-0.39, 0.29) is 5.91 Å². The fraction of sp³-hybridized carbons (Fsp3) is 0.158. The van der Waals surface area contributed by atoms with Gasteiger partial charge in [-0.15, -0.1) is 0 Å². The van der Waals surface area contributed by atoms with E-state index in [1.807, 2.05) is 29.0 Å². The minimum absolute atomic E-state index is 0.171. The smallest absolute Gasteiger partial charge is 0.251 e. The number of ether oxygens (including phenoxy) is 2. The van der Waals surface area contributed by atoms with Crippen LogP contribution in [0.2, 0.25) is 0 Å². The summed E-state index contributed by atoms with van der Waals surface area (Å²) in [5, 5.41) is 6.98. The Kier molecular flexibility index (Phi) is 5.30. The molecule has 0 bridgehead atoms. The molecule has 0 spiro atoms. The molecule has 1 aromatic carbocycles. The Bertz CT molecular complexity index is 863. The van der Waals surface area contributed by atoms with Gasteiger partial charge in [-0.2, -0.15) is 11.3 Å². The van der Waals surface area contributed by atoms with Crippen molar-refractivity contribution in [2.75, 3.05) is 14.2 Å². The molecular weight excluding hydrogens is 336 g/mol. The molecule has 3 aromatic rings. The van der Waals surface area contributed by atoms with Crippen LogP contribution in [0, 0.1) is 0 Å². The molecule has 0 radical (unpaired) electrons. The third-order valence-corrected chi connectivity index (χ3v) is 4.42. The van der Waals surface area contributed by atoms with Gasteiger partial charge >= 0.3 is 0 Å². The largest absolute Gasteiger partial charge is 0.493 e. The number of pyridine rings is 1. The minimum Gasteiger partial charge on any atom is -0.493 e. The maximum Gasteiger partial charge on any atom is 0.251 e. The summed E-state index contributed by atoms with van der Waals surface area (Å²) in [6, 6.07) is 11.0. The number of benzene rings is 1. The third-order valence-electron chi connectivity index (χ3n) is 3.74. The predicted molar refractivity (Wildman–Crippen MR) is 98.3 cm³/mol. The summed E-state index contributed by atoms with van der Waals surface area (Å²) in [4.78, 5) is 16.8. The molecule has 0 unspecified atom stereocenters. The number of nitrogens with one attached hydrogen (secondary N) is 1. The molecule has 0 aliphatic carbocycles. The van der Waals surface area contributed by atoms with Crippen molar-refractivity contribution in [3.63, 3.8) is 0 Å². The molecule has 0 saturated carbocycles. The van der Waals surface area contributed by atoms with Crippen molar-refractivity contribution in [1.29, 1.82) is 0 Å². The summed E-state index contributed by atoms with van der Waals surface area (Å²) in [6.07, 6.45) is 1.75. The van der Waals surface area contributed by atoms with Crippen LogP contribution in [0.1, 0.15) is 15.9 Å². The first-order valence-electron chi connectivity index (χ1n) is 7.69. The Balaban J connectivity index is 1.69. The monoisotopic (exact) mass is 354 g/mol. The molecule has 0 atom stereocenters. The Morgan fingerprint density at radius 1 is 1.12 bits per heavy atom. The van der Waals surface area contributed by atoms with Gasteiger partial charge < -0.3 is 14.8 Å². The Hall–Kier alpha value is -2.86. The van der Waals surface area contributed by atoms with E-state index in [2.05, 4.69) is 10.3 Å². The lowest BCUT2D eigenvalue weighted by atomic mass is 10.1. The van der Waals surface area contributed by atoms with E-state index in [4.69, 9.17) is 9.47 Å². The number of hydrogen-bond donors (Lipinski definition) is 1. The van der Waals surface area contributed by atoms with Gasteiger partial charge in [0.2, 0.25) is 0 Å². The third kappa shape index (κ3) is 3.97. The Morgan fingerprint density at radius 2 is 1.96 bits per heavy atom. The molecule has 1 amide bonds. The van der Waals surface area contributed by atoms with Crippen molar-refractivity contribution in [3.05, 3.63) is 64.5 Å². The van der Waals surface area contributed by atoms with E-state index in [1.54, 1.807) is 50.0 Å². The van der Waals surface area contributed by atoms with Gasteiger partial charge in [-0.1, -0.05) is 0 Å². The molecule has 2 aromatic heterocycles. The molecule has 2 heterocycles. The maximum atomic E-state index is 12.4. The fourth-order valence-electron chi connectivity index (χ4n) is 2.41. The molecule has 1 N–H and O–H groups in total. The summed E-state index contributed by atoms with van der Waals surface area (Å²) < 4.78 is 10.4. The van der Waals surface area contributed by atoms with Gasteiger partial charge in [0.05, 0.1) is 19.9 Å². The molecule has 0 saturated heterocycles. The van der Waals surface area contributed by atoms with E-state index >= 15 is 0 Å². The number of aromatic nitrogens is 1. The van der Waals surface area contributed by atoms with Gasteiger partial charge in [-0.3, -0.25) is 9.78 Å². The summed E-state index contributed by atoms with van der Waals surface area (Å²) >= 11 is 1.63. The highest BCUT2D eigenvalue weighted by Gasteiger charge is 2.11. The number of hydrogen-bond acceptors (Lipinski definition) is 5. The molecule has 0 aliphatic rings. The van der Waals surface area contributed by atoms with Crippen LogP contribution in [0.3, 0.4) is 0 Å². The van der Waals surface area contributed by atoms with Gasteiger partial charge in [-0.25, -0.2) is 0 Å². The van der Waals surface area contributed by atoms with Crippen LogP contribution >= 0.6 is 11.3 Å². The molecule has 6 heteroatoms. The van der Waals surface area contributed by atoms with Crippen molar-refractivity contribution < 1.29 is 14.3 Å². The van der Waals surface area contributed by atoms with Crippen LogP contribution in [0.25, 0.3) is 11.3 Å². The summed E-state index contributed by atoms with van der Waals surface area (Å²) in [6.45, 7) is 0.423. The number of methoxy groups -OCH3 is 2. The lowest BCUT2D eigenvalue weighted by Gasteiger charge is -2.10. The first-order valence-corrected chi connectivity index (χ1v) is 8.63. The van der Waals surface area contributed by atoms with Gasteiger partial charge in [0.1, 0.15) is 0 Å². The quantitative estimate of drug-likeness (QED) is 0.732. The number of nitrogens with zero attached hydrogens (tertiary/aromatic N) is 1. The first kappa shape index (κ1) is 17.0. The number of amides is 1. The van der Waals surface area contributed by atoms with Crippen LogP contribution in [0.15, 0.2) is 53.4 Å². The van der Waals surface area contributed by atoms with E-state index in [0.717, 1.165) is 16.8 Å². The van der Waals surface area contributed by atoms with Crippen LogP contribution in [-0.4, -0.2) is 25.1 Å². The molecule has 0 aliphatic heterocycles. The topological polar surface area (TPSA) is 60.5 Å². The summed E-state index contributed by atoms with van der Waals surface area (Å²) in [5.41, 5.74) is 3.49. The Morgan fingerprint density at radius 3 is 2.68 bits per heavy atom. The number of rotatable bonds is 6. The molecular formula is C19H18N2O3S. The van der Waals surface area contributed by atoms with E-state index in [0.29, 0.717) is 23.6 Å². The second-order valence-corrected chi connectivity index (χ2v) is 6.09. The van der Waals surface area contributed by atoms with Crippen LogP contribution in [0.4, 0.5) is 0 Å². The number of thiophene rings is 1. The number of carbonyl (C=O) groups excluding carboxylic acids is 1. The van der Waals surface area contributed by atoms with Crippen molar-refractivity contribution in [1.82, 2.24) is 10.3 Å². The normalized spacial score (nSPS) is 10.3. The van der Waals surface area contributed by atoms with Crippen LogP contribution in [0.5, 0.6) is 11.5 Å². The summed E-state index contributed by atoms with van der Waals surface area (Å²) in [5.74, 6) is 0.947. The molecule has 0 fully saturated rings. The Labute approximate surface area is 150 Å². The van der Waals surface area contributed by atoms with Crippen molar-refractivity contribution >= 4 is 17.2 Å². The highest BCUT2D eigenvalue weighted by atomic mass is 32.1. The zero-order chi connectivity index (χ0) is 17.6. The second kappa shape index (κ2) is 7.81. The molecule has 5 nitrogen and oxygen atoms in total. The lowest BCUT2D eigenvalue weighted by molar-refractivity contribution is 0.0950. The van der Waals surface area contributed by atoms with Crippen LogP contribution < -0.4 is 14.8 Å². The fourth-order valence-corrected chi connectivity index (χ4v) is 3.06. The summed E-state index contributed by atoms with van der Waals surface area (Å²) in [7, 11) is 3.11. The van der Waals surface area contributed by atoms with Gasteiger partial charge in [-0.05, 0) is 47.3 Å². The van der Waals surface area contributed by atoms with Crippen molar-refractivity contribution in [2.24, 2.45) is 0 Å². The molecule has 25 heavy (non-hydrogen) atoms. The van der Waals surface area contributed by atoms with Gasteiger partial charge in [0.25, 0.3) is 5.91 Å². The second-order valence-electron chi connectivity index (χ2n) is 5.31. The van der Waals surface area contributed by atoms with Crippen molar-refractivity contribution in [3.8, 4) is 22.8 Å². The molecule has 3 rings (SSSR count). The zero-order valence-corrected chi connectivity index (χ0v) is 14.8. The standard InChI is InChI=1S/C19H18N2O3S/c1-23-17-4-3-14(10-18(17)24-2)19(22)21-11-13-5-7-20-16(9-13)15-6-8-25-12-15/h3-10,12H,11H2,1-2H3,(H,21,22). The maximum absolute atomic E-state index is 12.4. The average Bonchev–Trinajstić information content (AvgIpc) is 3.20. The number of carbonyl (C=O) groups is 1. The highest BCUT2D eigenvalue weighted by Crippen LogP contribution is 2.27. The highest BCUT2D eigenvalue weighted by molar-refractivity contribution is 7.08. The van der Waals surface area contributed by atoms with E-state index in [1.165, 1.54) is 0 Å². The first-order chi connectivity index (χ1) is 12.2. The SMILES string of the molecule is COc1ccc(C(=O)NCc2ccnc(-c3ccsc3)c2)cc1OC. The molecule has 128 valence electrons. The lowest BCUT2D eigenvalue weighted by Crippen LogP contribution is -2.22.